The fourth-order valence-corrected chi connectivity index (χ4v) is 2.62. The monoisotopic (exact) mass is 234 g/mol. The first-order valence-corrected chi connectivity index (χ1v) is 6.61. The molecule has 4 heteroatoms. The highest BCUT2D eigenvalue weighted by Gasteiger charge is 2.30. The van der Waals surface area contributed by atoms with Crippen LogP contribution in [0.25, 0.3) is 0 Å². The maximum Gasteiger partial charge on any atom is 0.224 e. The van der Waals surface area contributed by atoms with Crippen molar-refractivity contribution in [1.82, 2.24) is 9.97 Å². The van der Waals surface area contributed by atoms with E-state index in [9.17, 15) is 0 Å². The van der Waals surface area contributed by atoms with Crippen molar-refractivity contribution >= 4 is 11.8 Å². The van der Waals surface area contributed by atoms with Crippen LogP contribution in [0, 0.1) is 0 Å². The zero-order chi connectivity index (χ0) is 12.3. The summed E-state index contributed by atoms with van der Waals surface area (Å²) >= 11 is 0. The molecule has 2 heterocycles. The molecule has 1 fully saturated rings. The Hall–Kier alpha value is -1.32. The Labute approximate surface area is 103 Å². The van der Waals surface area contributed by atoms with Crippen LogP contribution in [0.2, 0.25) is 0 Å². The lowest BCUT2D eigenvalue weighted by Gasteiger charge is -2.29. The van der Waals surface area contributed by atoms with Crippen LogP contribution in [0.4, 0.5) is 11.8 Å². The summed E-state index contributed by atoms with van der Waals surface area (Å²) in [6.07, 6.45) is 5.57. The third-order valence-electron chi connectivity index (χ3n) is 3.50. The molecule has 94 valence electrons. The average Bonchev–Trinajstić information content (AvgIpc) is 2.71. The Balaban J connectivity index is 2.22. The molecule has 1 N–H and O–H groups in total. The molecule has 1 saturated heterocycles. The van der Waals surface area contributed by atoms with Gasteiger partial charge in [0, 0.05) is 24.8 Å². The maximum absolute atomic E-state index is 4.60. The molecule has 4 nitrogen and oxygen atoms in total. The molecule has 0 amide bonds. The molecule has 17 heavy (non-hydrogen) atoms. The van der Waals surface area contributed by atoms with Crippen LogP contribution < -0.4 is 10.2 Å². The highest BCUT2D eigenvalue weighted by Crippen LogP contribution is 2.30. The lowest BCUT2D eigenvalue weighted by Crippen LogP contribution is -2.34. The van der Waals surface area contributed by atoms with Crippen molar-refractivity contribution in [3.63, 3.8) is 0 Å². The highest BCUT2D eigenvalue weighted by molar-refractivity contribution is 5.45. The van der Waals surface area contributed by atoms with Gasteiger partial charge in [0.1, 0.15) is 5.82 Å². The van der Waals surface area contributed by atoms with Crippen molar-refractivity contribution in [2.45, 2.75) is 52.1 Å². The van der Waals surface area contributed by atoms with E-state index in [0.29, 0.717) is 12.1 Å². The van der Waals surface area contributed by atoms with Gasteiger partial charge in [0.15, 0.2) is 0 Å². The fourth-order valence-electron chi connectivity index (χ4n) is 2.62. The SMILES string of the molecule is CCNc1nccc(N2C(C)CCC2CC)n1. The zero-order valence-corrected chi connectivity index (χ0v) is 11.0. The molecule has 1 aliphatic heterocycles. The molecule has 0 aromatic carbocycles. The fraction of sp³-hybridized carbons (Fsp3) is 0.692. The Morgan fingerprint density at radius 3 is 2.94 bits per heavy atom. The number of hydrogen-bond acceptors (Lipinski definition) is 4. The third-order valence-corrected chi connectivity index (χ3v) is 3.50. The summed E-state index contributed by atoms with van der Waals surface area (Å²) in [6, 6.07) is 3.24. The topological polar surface area (TPSA) is 41.1 Å². The highest BCUT2D eigenvalue weighted by atomic mass is 15.3. The second-order valence-electron chi connectivity index (χ2n) is 4.66. The number of anilines is 2. The zero-order valence-electron chi connectivity index (χ0n) is 11.0. The van der Waals surface area contributed by atoms with Crippen LogP contribution in [-0.2, 0) is 0 Å². The predicted octanol–water partition coefficient (Wildman–Crippen LogP) is 2.68. The van der Waals surface area contributed by atoms with Crippen LogP contribution >= 0.6 is 0 Å². The van der Waals surface area contributed by atoms with Crippen molar-refractivity contribution in [1.29, 1.82) is 0 Å². The van der Waals surface area contributed by atoms with Crippen molar-refractivity contribution in [3.8, 4) is 0 Å². The molecule has 0 aliphatic carbocycles. The van der Waals surface area contributed by atoms with E-state index >= 15 is 0 Å². The number of aromatic nitrogens is 2. The molecule has 0 spiro atoms. The van der Waals surface area contributed by atoms with Crippen LogP contribution in [0.3, 0.4) is 0 Å². The predicted molar refractivity (Wildman–Crippen MR) is 71.4 cm³/mol. The van der Waals surface area contributed by atoms with Gasteiger partial charge >= 0.3 is 0 Å². The second kappa shape index (κ2) is 5.34. The summed E-state index contributed by atoms with van der Waals surface area (Å²) in [6.45, 7) is 7.45. The van der Waals surface area contributed by atoms with Crippen LogP contribution in [0.15, 0.2) is 12.3 Å². The van der Waals surface area contributed by atoms with Crippen LogP contribution in [0.1, 0.15) is 40.0 Å². The minimum atomic E-state index is 0.587. The Bertz CT molecular complexity index is 366. The molecular weight excluding hydrogens is 212 g/mol. The second-order valence-corrected chi connectivity index (χ2v) is 4.66. The molecule has 2 rings (SSSR count). The van der Waals surface area contributed by atoms with E-state index < -0.39 is 0 Å². The summed E-state index contributed by atoms with van der Waals surface area (Å²) in [5.41, 5.74) is 0. The van der Waals surface area contributed by atoms with E-state index in [-0.39, 0.29) is 0 Å². The number of nitrogens with one attached hydrogen (secondary N) is 1. The van der Waals surface area contributed by atoms with E-state index in [1.165, 1.54) is 19.3 Å². The Morgan fingerprint density at radius 1 is 1.41 bits per heavy atom. The minimum absolute atomic E-state index is 0.587. The molecule has 0 saturated carbocycles. The summed E-state index contributed by atoms with van der Waals surface area (Å²) in [5.74, 6) is 1.80. The van der Waals surface area contributed by atoms with Gasteiger partial charge in [-0.05, 0) is 39.2 Å². The number of hydrogen-bond donors (Lipinski definition) is 1. The lowest BCUT2D eigenvalue weighted by atomic mass is 10.1. The van der Waals surface area contributed by atoms with Gasteiger partial charge in [0.2, 0.25) is 5.95 Å². The first-order valence-electron chi connectivity index (χ1n) is 6.61. The van der Waals surface area contributed by atoms with E-state index in [2.05, 4.69) is 41.0 Å². The van der Waals surface area contributed by atoms with Gasteiger partial charge in [-0.1, -0.05) is 6.92 Å². The Kier molecular flexibility index (Phi) is 3.82. The summed E-state index contributed by atoms with van der Waals surface area (Å²) in [4.78, 5) is 11.3. The van der Waals surface area contributed by atoms with Gasteiger partial charge < -0.3 is 10.2 Å². The summed E-state index contributed by atoms with van der Waals surface area (Å²) in [7, 11) is 0. The van der Waals surface area contributed by atoms with Crippen LogP contribution in [-0.4, -0.2) is 28.6 Å². The van der Waals surface area contributed by atoms with Gasteiger partial charge in [-0.15, -0.1) is 0 Å². The minimum Gasteiger partial charge on any atom is -0.354 e. The third kappa shape index (κ3) is 2.51. The molecule has 1 aromatic heterocycles. The van der Waals surface area contributed by atoms with Crippen molar-refractivity contribution in [2.75, 3.05) is 16.8 Å². The Morgan fingerprint density at radius 2 is 2.24 bits per heavy atom. The molecule has 0 radical (unpaired) electrons. The van der Waals surface area contributed by atoms with Gasteiger partial charge in [0.05, 0.1) is 0 Å². The molecule has 0 bridgehead atoms. The van der Waals surface area contributed by atoms with Gasteiger partial charge in [-0.25, -0.2) is 4.98 Å². The maximum atomic E-state index is 4.60. The van der Waals surface area contributed by atoms with Gasteiger partial charge in [-0.2, -0.15) is 4.98 Å². The van der Waals surface area contributed by atoms with Crippen molar-refractivity contribution < 1.29 is 0 Å². The molecule has 2 unspecified atom stereocenters. The van der Waals surface area contributed by atoms with Gasteiger partial charge in [-0.3, -0.25) is 0 Å². The van der Waals surface area contributed by atoms with E-state index in [0.717, 1.165) is 18.3 Å². The largest absolute Gasteiger partial charge is 0.354 e. The quantitative estimate of drug-likeness (QED) is 0.869. The molecule has 1 aliphatic rings. The van der Waals surface area contributed by atoms with E-state index in [1.807, 2.05) is 12.3 Å². The molecule has 2 atom stereocenters. The number of nitrogens with zero attached hydrogens (tertiary/aromatic N) is 3. The first kappa shape index (κ1) is 12.1. The van der Waals surface area contributed by atoms with Crippen LogP contribution in [0.5, 0.6) is 0 Å². The average molecular weight is 234 g/mol. The molecular formula is C13H22N4. The summed E-state index contributed by atoms with van der Waals surface area (Å²) in [5, 5.41) is 3.17. The lowest BCUT2D eigenvalue weighted by molar-refractivity contribution is 0.620. The van der Waals surface area contributed by atoms with E-state index in [1.54, 1.807) is 0 Å². The number of rotatable bonds is 4. The first-order chi connectivity index (χ1) is 8.26. The van der Waals surface area contributed by atoms with E-state index in [4.69, 9.17) is 0 Å². The van der Waals surface area contributed by atoms with Crippen molar-refractivity contribution in [3.05, 3.63) is 12.3 Å². The smallest absolute Gasteiger partial charge is 0.224 e. The summed E-state index contributed by atoms with van der Waals surface area (Å²) < 4.78 is 0. The van der Waals surface area contributed by atoms with Crippen molar-refractivity contribution in [2.24, 2.45) is 0 Å². The normalized spacial score (nSPS) is 24.1. The molecule has 1 aromatic rings. The standard InChI is InChI=1S/C13H22N4/c1-4-11-7-6-10(3)17(11)12-8-9-15-13(16-12)14-5-2/h8-11H,4-7H2,1-3H3,(H,14,15,16). The van der Waals surface area contributed by atoms with Gasteiger partial charge in [0.25, 0.3) is 0 Å².